The van der Waals surface area contributed by atoms with Crippen molar-refractivity contribution in [2.24, 2.45) is 0 Å². The van der Waals surface area contributed by atoms with E-state index < -0.39 is 0 Å². The van der Waals surface area contributed by atoms with Crippen LogP contribution < -0.4 is 0 Å². The lowest BCUT2D eigenvalue weighted by molar-refractivity contribution is 0.919. The van der Waals surface area contributed by atoms with E-state index in [1.54, 1.807) is 0 Å². The van der Waals surface area contributed by atoms with Crippen molar-refractivity contribution in [1.82, 2.24) is 0 Å². The molecule has 0 aromatic heterocycles. The molecule has 0 bridgehead atoms. The number of aryl methyl sites for hydroxylation is 2. The molecule has 0 heterocycles. The average Bonchev–Trinajstić information content (AvgIpc) is 1.95. The van der Waals surface area contributed by atoms with E-state index in [2.05, 4.69) is 32.0 Å². The predicted octanol–water partition coefficient (Wildman–Crippen LogP) is 2.75. The Morgan fingerprint density at radius 1 is 1.40 bits per heavy atom. The van der Waals surface area contributed by atoms with Crippen molar-refractivity contribution < 1.29 is 0 Å². The summed E-state index contributed by atoms with van der Waals surface area (Å²) < 4.78 is 0. The van der Waals surface area contributed by atoms with Gasteiger partial charge >= 0.3 is 0 Å². The highest BCUT2D eigenvalue weighted by molar-refractivity contribution is 5.19. The number of hydrogen-bond acceptors (Lipinski definition) is 0. The van der Waals surface area contributed by atoms with Gasteiger partial charge in [-0.2, -0.15) is 0 Å². The lowest BCUT2D eigenvalue weighted by atomic mass is 10.1. The molecule has 10 heavy (non-hydrogen) atoms. The molecule has 1 rings (SSSR count). The maximum atomic E-state index is 3.24. The van der Waals surface area contributed by atoms with E-state index in [4.69, 9.17) is 0 Å². The molecular formula is C10H13. The van der Waals surface area contributed by atoms with E-state index in [1.807, 2.05) is 6.07 Å². The van der Waals surface area contributed by atoms with Crippen LogP contribution in [-0.4, -0.2) is 0 Å². The van der Waals surface area contributed by atoms with Crippen LogP contribution >= 0.6 is 0 Å². The van der Waals surface area contributed by atoms with Crippen LogP contribution in [0.1, 0.15) is 24.5 Å². The van der Waals surface area contributed by atoms with Crippen LogP contribution in [0.25, 0.3) is 0 Å². The Morgan fingerprint density at radius 3 is 2.70 bits per heavy atom. The second-order valence-electron chi connectivity index (χ2n) is 2.64. The quantitative estimate of drug-likeness (QED) is 0.582. The molecule has 0 spiro atoms. The van der Waals surface area contributed by atoms with Crippen molar-refractivity contribution in [3.8, 4) is 0 Å². The minimum absolute atomic E-state index is 1.15. The summed E-state index contributed by atoms with van der Waals surface area (Å²) in [7, 11) is 0. The summed E-state index contributed by atoms with van der Waals surface area (Å²) >= 11 is 0. The van der Waals surface area contributed by atoms with Crippen LogP contribution in [0.2, 0.25) is 0 Å². The highest BCUT2D eigenvalue weighted by Crippen LogP contribution is 2.03. The fourth-order valence-electron chi connectivity index (χ4n) is 0.960. The predicted molar refractivity (Wildman–Crippen MR) is 44.0 cm³/mol. The molecule has 53 valence electrons. The topological polar surface area (TPSA) is 0 Å². The standard InChI is InChI=1S/C10H13/c1-3-4-10-7-5-9(2)6-8-10/h5-7H,3-4H2,1-2H3. The fraction of sp³-hybridized carbons (Fsp3) is 0.400. The molecule has 0 aliphatic rings. The van der Waals surface area contributed by atoms with E-state index in [0.717, 1.165) is 6.42 Å². The van der Waals surface area contributed by atoms with Crippen molar-refractivity contribution in [2.45, 2.75) is 26.7 Å². The highest BCUT2D eigenvalue weighted by atomic mass is 13.9. The SMILES string of the molecule is CCCc1[c]cc(C)cc1. The zero-order chi connectivity index (χ0) is 7.40. The second kappa shape index (κ2) is 3.40. The molecule has 0 N–H and O–H groups in total. The third-order valence-corrected chi connectivity index (χ3v) is 1.55. The van der Waals surface area contributed by atoms with Crippen molar-refractivity contribution in [1.29, 1.82) is 0 Å². The van der Waals surface area contributed by atoms with Gasteiger partial charge in [0.25, 0.3) is 0 Å². The molecule has 0 fully saturated rings. The minimum Gasteiger partial charge on any atom is -0.0651 e. The van der Waals surface area contributed by atoms with Gasteiger partial charge in [-0.3, -0.25) is 0 Å². The molecule has 1 radical (unpaired) electrons. The minimum atomic E-state index is 1.15. The van der Waals surface area contributed by atoms with Gasteiger partial charge in [-0.05, 0) is 25.0 Å². The molecule has 1 aromatic carbocycles. The van der Waals surface area contributed by atoms with Crippen LogP contribution in [0.4, 0.5) is 0 Å². The largest absolute Gasteiger partial charge is 0.0651 e. The summed E-state index contributed by atoms with van der Waals surface area (Å²) in [5.41, 5.74) is 2.62. The number of benzene rings is 1. The van der Waals surface area contributed by atoms with E-state index in [1.165, 1.54) is 17.5 Å². The molecule has 0 saturated heterocycles. The van der Waals surface area contributed by atoms with Gasteiger partial charge in [0, 0.05) is 0 Å². The van der Waals surface area contributed by atoms with Crippen LogP contribution in [0, 0.1) is 13.0 Å². The molecule has 0 aliphatic heterocycles. The Morgan fingerprint density at radius 2 is 2.20 bits per heavy atom. The van der Waals surface area contributed by atoms with Crippen molar-refractivity contribution in [3.05, 3.63) is 35.4 Å². The number of hydrogen-bond donors (Lipinski definition) is 0. The normalized spacial score (nSPS) is 9.80. The third-order valence-electron chi connectivity index (χ3n) is 1.55. The van der Waals surface area contributed by atoms with E-state index >= 15 is 0 Å². The molecule has 0 saturated carbocycles. The first-order chi connectivity index (χ1) is 4.83. The summed E-state index contributed by atoms with van der Waals surface area (Å²) in [6.07, 6.45) is 2.36. The van der Waals surface area contributed by atoms with Crippen molar-refractivity contribution in [3.63, 3.8) is 0 Å². The Kier molecular flexibility index (Phi) is 2.49. The summed E-state index contributed by atoms with van der Waals surface area (Å²) in [6, 6.07) is 9.58. The Labute approximate surface area is 62.9 Å². The molecule has 1 aromatic rings. The Balaban J connectivity index is 2.69. The van der Waals surface area contributed by atoms with Gasteiger partial charge in [0.1, 0.15) is 0 Å². The molecule has 0 aliphatic carbocycles. The number of rotatable bonds is 2. The van der Waals surface area contributed by atoms with Gasteiger partial charge in [-0.15, -0.1) is 0 Å². The van der Waals surface area contributed by atoms with E-state index in [9.17, 15) is 0 Å². The van der Waals surface area contributed by atoms with Gasteiger partial charge in [-0.25, -0.2) is 0 Å². The van der Waals surface area contributed by atoms with Crippen LogP contribution in [0.5, 0.6) is 0 Å². The van der Waals surface area contributed by atoms with E-state index in [-0.39, 0.29) is 0 Å². The van der Waals surface area contributed by atoms with Gasteiger partial charge in [-0.1, -0.05) is 37.1 Å². The van der Waals surface area contributed by atoms with Gasteiger partial charge in [0.05, 0.1) is 0 Å². The molecule has 0 heteroatoms. The summed E-state index contributed by atoms with van der Waals surface area (Å²) in [6.45, 7) is 4.28. The van der Waals surface area contributed by atoms with Gasteiger partial charge < -0.3 is 0 Å². The van der Waals surface area contributed by atoms with Crippen molar-refractivity contribution >= 4 is 0 Å². The lowest BCUT2D eigenvalue weighted by Crippen LogP contribution is -1.82. The molecule has 0 unspecified atom stereocenters. The van der Waals surface area contributed by atoms with Gasteiger partial charge in [0.15, 0.2) is 0 Å². The molecular weight excluding hydrogens is 120 g/mol. The molecule has 0 amide bonds. The molecule has 0 nitrogen and oxygen atoms in total. The maximum Gasteiger partial charge on any atom is -0.0146 e. The zero-order valence-corrected chi connectivity index (χ0v) is 6.65. The second-order valence-corrected chi connectivity index (χ2v) is 2.64. The van der Waals surface area contributed by atoms with Gasteiger partial charge in [0.2, 0.25) is 0 Å². The zero-order valence-electron chi connectivity index (χ0n) is 6.65. The highest BCUT2D eigenvalue weighted by Gasteiger charge is 1.88. The summed E-state index contributed by atoms with van der Waals surface area (Å²) in [5, 5.41) is 0. The third kappa shape index (κ3) is 1.87. The average molecular weight is 133 g/mol. The molecule has 0 atom stereocenters. The first-order valence-electron chi connectivity index (χ1n) is 3.80. The Bertz CT molecular complexity index is 184. The van der Waals surface area contributed by atoms with Crippen molar-refractivity contribution in [2.75, 3.05) is 0 Å². The van der Waals surface area contributed by atoms with Crippen LogP contribution in [-0.2, 0) is 6.42 Å². The first kappa shape index (κ1) is 7.33. The Hall–Kier alpha value is -0.780. The van der Waals surface area contributed by atoms with E-state index in [0.29, 0.717) is 0 Å². The monoisotopic (exact) mass is 133 g/mol. The first-order valence-corrected chi connectivity index (χ1v) is 3.80. The summed E-state index contributed by atoms with van der Waals surface area (Å²) in [4.78, 5) is 0. The fourth-order valence-corrected chi connectivity index (χ4v) is 0.960. The maximum absolute atomic E-state index is 3.24. The van der Waals surface area contributed by atoms with Crippen LogP contribution in [0.3, 0.4) is 0 Å². The lowest BCUT2D eigenvalue weighted by Gasteiger charge is -1.96. The van der Waals surface area contributed by atoms with Crippen LogP contribution in [0.15, 0.2) is 18.2 Å². The summed E-state index contributed by atoms with van der Waals surface area (Å²) in [5.74, 6) is 0. The smallest absolute Gasteiger partial charge is 0.0146 e.